The van der Waals surface area contributed by atoms with Crippen LogP contribution < -0.4 is 10.6 Å². The van der Waals surface area contributed by atoms with Crippen molar-refractivity contribution in [1.82, 2.24) is 4.98 Å². The number of hydrogen-bond donors (Lipinski definition) is 2. The van der Waals surface area contributed by atoms with Crippen molar-refractivity contribution < 1.29 is 4.79 Å². The van der Waals surface area contributed by atoms with Crippen molar-refractivity contribution in [3.63, 3.8) is 0 Å². The first kappa shape index (κ1) is 11.5. The Kier molecular flexibility index (Phi) is 2.94. The minimum Gasteiger partial charge on any atom is -0.365 e. The molecule has 0 radical (unpaired) electrons. The molecule has 3 rings (SSSR count). The first-order valence-electron chi connectivity index (χ1n) is 6.78. The number of pyridine rings is 1. The maximum Gasteiger partial charge on any atom is 0.229 e. The molecule has 1 amide bonds. The van der Waals surface area contributed by atoms with Gasteiger partial charge < -0.3 is 10.6 Å². The molecule has 1 aliphatic carbocycles. The second-order valence-electron chi connectivity index (χ2n) is 5.39. The average molecular weight is 245 g/mol. The van der Waals surface area contributed by atoms with Crippen LogP contribution in [0.3, 0.4) is 0 Å². The van der Waals surface area contributed by atoms with Crippen LogP contribution in [0.15, 0.2) is 12.3 Å². The second kappa shape index (κ2) is 4.59. The predicted octanol–water partition coefficient (Wildman–Crippen LogP) is 2.70. The number of carbonyl (C=O) groups is 1. The number of anilines is 2. The fourth-order valence-electron chi connectivity index (χ4n) is 2.97. The highest BCUT2D eigenvalue weighted by atomic mass is 16.2. The molecule has 4 nitrogen and oxygen atoms in total. The summed E-state index contributed by atoms with van der Waals surface area (Å²) in [6, 6.07) is 2.22. The fourth-order valence-corrected chi connectivity index (χ4v) is 2.97. The van der Waals surface area contributed by atoms with Gasteiger partial charge in [-0.15, -0.1) is 0 Å². The average Bonchev–Trinajstić information content (AvgIpc) is 2.63. The largest absolute Gasteiger partial charge is 0.365 e. The maximum absolute atomic E-state index is 12.3. The number of nitrogens with zero attached hydrogens (tertiary/aromatic N) is 1. The SMILES string of the molecule is Cc1cnc2c(c1)NC(=O)C1CCCCCC1N2. The lowest BCUT2D eigenvalue weighted by atomic mass is 9.94. The topological polar surface area (TPSA) is 54.0 Å². The molecule has 2 N–H and O–H groups in total. The lowest BCUT2D eigenvalue weighted by molar-refractivity contribution is -0.120. The van der Waals surface area contributed by atoms with E-state index in [4.69, 9.17) is 0 Å². The lowest BCUT2D eigenvalue weighted by Gasteiger charge is -2.21. The molecule has 1 aliphatic heterocycles. The molecule has 1 aromatic rings. The van der Waals surface area contributed by atoms with Gasteiger partial charge in [-0.2, -0.15) is 0 Å². The van der Waals surface area contributed by atoms with Crippen LogP contribution in [0.25, 0.3) is 0 Å². The van der Waals surface area contributed by atoms with E-state index in [0.717, 1.165) is 36.3 Å². The molecule has 0 bridgehead atoms. The summed E-state index contributed by atoms with van der Waals surface area (Å²) in [7, 11) is 0. The Morgan fingerprint density at radius 3 is 3.00 bits per heavy atom. The molecule has 0 aromatic carbocycles. The number of rotatable bonds is 0. The van der Waals surface area contributed by atoms with E-state index in [2.05, 4.69) is 15.6 Å². The van der Waals surface area contributed by atoms with E-state index >= 15 is 0 Å². The van der Waals surface area contributed by atoms with Crippen LogP contribution in [0.5, 0.6) is 0 Å². The van der Waals surface area contributed by atoms with Gasteiger partial charge in [0.1, 0.15) is 5.82 Å². The third-order valence-electron chi connectivity index (χ3n) is 3.96. The van der Waals surface area contributed by atoms with Crippen molar-refractivity contribution in [3.8, 4) is 0 Å². The molecule has 96 valence electrons. The molecule has 2 atom stereocenters. The van der Waals surface area contributed by atoms with Crippen LogP contribution in [-0.4, -0.2) is 16.9 Å². The third-order valence-corrected chi connectivity index (χ3v) is 3.96. The van der Waals surface area contributed by atoms with Gasteiger partial charge in [0, 0.05) is 12.2 Å². The normalized spacial score (nSPS) is 27.1. The number of nitrogens with one attached hydrogen (secondary N) is 2. The van der Waals surface area contributed by atoms with Gasteiger partial charge in [0.2, 0.25) is 5.91 Å². The summed E-state index contributed by atoms with van der Waals surface area (Å²) >= 11 is 0. The Bertz CT molecular complexity index is 472. The Hall–Kier alpha value is -1.58. The summed E-state index contributed by atoms with van der Waals surface area (Å²) < 4.78 is 0. The number of fused-ring (bicyclic) bond motifs is 2. The highest BCUT2D eigenvalue weighted by Crippen LogP contribution is 2.32. The monoisotopic (exact) mass is 245 g/mol. The highest BCUT2D eigenvalue weighted by molar-refractivity contribution is 5.97. The van der Waals surface area contributed by atoms with Crippen LogP contribution in [0.2, 0.25) is 0 Å². The smallest absolute Gasteiger partial charge is 0.229 e. The van der Waals surface area contributed by atoms with Crippen LogP contribution in [0.4, 0.5) is 11.5 Å². The van der Waals surface area contributed by atoms with Crippen LogP contribution >= 0.6 is 0 Å². The first-order valence-corrected chi connectivity index (χ1v) is 6.78. The van der Waals surface area contributed by atoms with E-state index in [-0.39, 0.29) is 17.9 Å². The molecule has 1 fully saturated rings. The number of hydrogen-bond acceptors (Lipinski definition) is 3. The minimum absolute atomic E-state index is 0.0852. The van der Waals surface area contributed by atoms with Crippen LogP contribution in [0.1, 0.15) is 37.7 Å². The van der Waals surface area contributed by atoms with E-state index in [9.17, 15) is 4.79 Å². The Balaban J connectivity index is 1.95. The molecule has 2 aliphatic rings. The first-order chi connectivity index (χ1) is 8.74. The molecule has 2 unspecified atom stereocenters. The second-order valence-corrected chi connectivity index (χ2v) is 5.39. The Labute approximate surface area is 107 Å². The van der Waals surface area contributed by atoms with Crippen LogP contribution in [0, 0.1) is 12.8 Å². The van der Waals surface area contributed by atoms with E-state index in [1.807, 2.05) is 19.2 Å². The molecule has 1 aromatic heterocycles. The number of amides is 1. The zero-order valence-electron chi connectivity index (χ0n) is 10.7. The summed E-state index contributed by atoms with van der Waals surface area (Å²) in [6.45, 7) is 1.99. The van der Waals surface area contributed by atoms with E-state index in [1.54, 1.807) is 0 Å². The molecular weight excluding hydrogens is 226 g/mol. The van der Waals surface area contributed by atoms with Gasteiger partial charge in [-0.3, -0.25) is 4.79 Å². The van der Waals surface area contributed by atoms with Crippen molar-refractivity contribution in [2.75, 3.05) is 10.6 Å². The van der Waals surface area contributed by atoms with Gasteiger partial charge in [-0.25, -0.2) is 4.98 Å². The predicted molar refractivity (Wildman–Crippen MR) is 71.6 cm³/mol. The molecular formula is C14H19N3O. The maximum atomic E-state index is 12.3. The molecule has 0 spiro atoms. The van der Waals surface area contributed by atoms with Gasteiger partial charge in [0.15, 0.2) is 0 Å². The van der Waals surface area contributed by atoms with Gasteiger partial charge >= 0.3 is 0 Å². The molecule has 1 saturated carbocycles. The highest BCUT2D eigenvalue weighted by Gasteiger charge is 2.33. The Morgan fingerprint density at radius 2 is 2.11 bits per heavy atom. The van der Waals surface area contributed by atoms with Crippen molar-refractivity contribution in [3.05, 3.63) is 17.8 Å². The van der Waals surface area contributed by atoms with Crippen molar-refractivity contribution in [2.45, 2.75) is 45.1 Å². The lowest BCUT2D eigenvalue weighted by Crippen LogP contribution is -2.34. The molecule has 2 heterocycles. The van der Waals surface area contributed by atoms with Gasteiger partial charge in [-0.05, 0) is 31.4 Å². The summed E-state index contributed by atoms with van der Waals surface area (Å²) in [5.74, 6) is 1.06. The summed E-state index contributed by atoms with van der Waals surface area (Å²) in [4.78, 5) is 16.7. The molecule has 0 saturated heterocycles. The minimum atomic E-state index is 0.0852. The van der Waals surface area contributed by atoms with E-state index in [0.29, 0.717) is 0 Å². The fraction of sp³-hybridized carbons (Fsp3) is 0.571. The zero-order valence-corrected chi connectivity index (χ0v) is 10.7. The van der Waals surface area contributed by atoms with Crippen molar-refractivity contribution in [2.24, 2.45) is 5.92 Å². The number of aromatic nitrogens is 1. The van der Waals surface area contributed by atoms with Gasteiger partial charge in [0.05, 0.1) is 11.6 Å². The molecule has 4 heteroatoms. The van der Waals surface area contributed by atoms with Crippen molar-refractivity contribution >= 4 is 17.4 Å². The molecule has 18 heavy (non-hydrogen) atoms. The van der Waals surface area contributed by atoms with E-state index in [1.165, 1.54) is 12.8 Å². The number of aryl methyl sites for hydroxylation is 1. The number of carbonyl (C=O) groups excluding carboxylic acids is 1. The third kappa shape index (κ3) is 2.07. The van der Waals surface area contributed by atoms with Gasteiger partial charge in [-0.1, -0.05) is 19.3 Å². The Morgan fingerprint density at radius 1 is 1.28 bits per heavy atom. The summed E-state index contributed by atoms with van der Waals surface area (Å²) in [5, 5.41) is 6.49. The van der Waals surface area contributed by atoms with E-state index < -0.39 is 0 Å². The van der Waals surface area contributed by atoms with Crippen LogP contribution in [-0.2, 0) is 4.79 Å². The quantitative estimate of drug-likeness (QED) is 0.739. The van der Waals surface area contributed by atoms with Crippen molar-refractivity contribution in [1.29, 1.82) is 0 Å². The zero-order chi connectivity index (χ0) is 12.5. The summed E-state index contributed by atoms with van der Waals surface area (Å²) in [6.07, 6.45) is 7.47. The standard InChI is InChI=1S/C14H19N3O/c1-9-7-12-13(15-8-9)16-11-6-4-2-3-5-10(11)14(18)17-12/h7-8,10-11H,2-6H2,1H3,(H,15,16)(H,17,18). The van der Waals surface area contributed by atoms with Gasteiger partial charge in [0.25, 0.3) is 0 Å². The summed E-state index contributed by atoms with van der Waals surface area (Å²) in [5.41, 5.74) is 1.89.